The predicted octanol–water partition coefficient (Wildman–Crippen LogP) is 2.46. The Bertz CT molecular complexity index is 630. The van der Waals surface area contributed by atoms with Crippen LogP contribution < -0.4 is 10.6 Å². The quantitative estimate of drug-likeness (QED) is 0.824. The highest BCUT2D eigenvalue weighted by Crippen LogP contribution is 2.16. The van der Waals surface area contributed by atoms with Crippen molar-refractivity contribution in [3.05, 3.63) is 46.6 Å². The van der Waals surface area contributed by atoms with Crippen molar-refractivity contribution in [3.8, 4) is 0 Å². The molecule has 0 radical (unpaired) electrons. The highest BCUT2D eigenvalue weighted by Gasteiger charge is 2.08. The van der Waals surface area contributed by atoms with Gasteiger partial charge in [-0.25, -0.2) is 0 Å². The van der Waals surface area contributed by atoms with Gasteiger partial charge >= 0.3 is 0 Å². The molecule has 0 aliphatic carbocycles. The lowest BCUT2D eigenvalue weighted by atomic mass is 10.3. The van der Waals surface area contributed by atoms with Crippen molar-refractivity contribution in [3.63, 3.8) is 0 Å². The fourth-order valence-corrected chi connectivity index (χ4v) is 2.12. The van der Waals surface area contributed by atoms with E-state index in [1.807, 2.05) is 38.4 Å². The van der Waals surface area contributed by atoms with E-state index in [-0.39, 0.29) is 11.6 Å². The monoisotopic (exact) mass is 363 g/mol. The van der Waals surface area contributed by atoms with Crippen LogP contribution in [0.25, 0.3) is 0 Å². The fourth-order valence-electron chi connectivity index (χ4n) is 1.72. The minimum Gasteiger partial charge on any atom is -0.367 e. The molecule has 0 saturated heterocycles. The van der Waals surface area contributed by atoms with Crippen LogP contribution in [0.15, 0.2) is 40.9 Å². The molecule has 1 heterocycles. The number of amides is 1. The summed E-state index contributed by atoms with van der Waals surface area (Å²) >= 11 is 3.36. The van der Waals surface area contributed by atoms with Crippen LogP contribution in [0.1, 0.15) is 10.5 Å². The standard InChI is InChI=1S/C15H18BrN5O/c1-21(2)9-8-17-14-7-6-13(19-20-14)15(22)18-12-5-3-4-11(16)10-12/h3-7,10H,8-9H2,1-2H3,(H,17,20)(H,18,22). The van der Waals surface area contributed by atoms with E-state index >= 15 is 0 Å². The van der Waals surface area contributed by atoms with Gasteiger partial charge in [0.15, 0.2) is 5.69 Å². The summed E-state index contributed by atoms with van der Waals surface area (Å²) in [4.78, 5) is 14.2. The van der Waals surface area contributed by atoms with Gasteiger partial charge in [-0.15, -0.1) is 10.2 Å². The summed E-state index contributed by atoms with van der Waals surface area (Å²) < 4.78 is 0.900. The molecule has 1 aromatic heterocycles. The molecule has 0 bridgehead atoms. The molecule has 2 aromatic rings. The first-order valence-corrected chi connectivity index (χ1v) is 7.63. The van der Waals surface area contributed by atoms with E-state index in [4.69, 9.17) is 0 Å². The number of rotatable bonds is 6. The maximum atomic E-state index is 12.1. The van der Waals surface area contributed by atoms with Crippen molar-refractivity contribution in [2.24, 2.45) is 0 Å². The maximum absolute atomic E-state index is 12.1. The molecule has 7 heteroatoms. The Morgan fingerprint density at radius 1 is 1.23 bits per heavy atom. The second-order valence-corrected chi connectivity index (χ2v) is 5.91. The Morgan fingerprint density at radius 3 is 2.68 bits per heavy atom. The van der Waals surface area contributed by atoms with Gasteiger partial charge in [0.05, 0.1) is 0 Å². The van der Waals surface area contributed by atoms with Crippen molar-refractivity contribution in [1.82, 2.24) is 15.1 Å². The van der Waals surface area contributed by atoms with E-state index in [0.29, 0.717) is 11.5 Å². The van der Waals surface area contributed by atoms with Gasteiger partial charge in [0.2, 0.25) is 0 Å². The van der Waals surface area contributed by atoms with Crippen molar-refractivity contribution in [1.29, 1.82) is 0 Å². The largest absolute Gasteiger partial charge is 0.367 e. The fraction of sp³-hybridized carbons (Fsp3) is 0.267. The van der Waals surface area contributed by atoms with Gasteiger partial charge in [-0.2, -0.15) is 0 Å². The van der Waals surface area contributed by atoms with Crippen molar-refractivity contribution in [2.75, 3.05) is 37.8 Å². The van der Waals surface area contributed by atoms with Crippen LogP contribution in [-0.2, 0) is 0 Å². The van der Waals surface area contributed by atoms with Gasteiger partial charge in [0, 0.05) is 23.2 Å². The number of hydrogen-bond acceptors (Lipinski definition) is 5. The van der Waals surface area contributed by atoms with Crippen LogP contribution in [0.4, 0.5) is 11.5 Å². The topological polar surface area (TPSA) is 70.2 Å². The minimum atomic E-state index is -0.287. The van der Waals surface area contributed by atoms with Gasteiger partial charge in [0.25, 0.3) is 5.91 Å². The summed E-state index contributed by atoms with van der Waals surface area (Å²) in [6.45, 7) is 1.66. The third-order valence-electron chi connectivity index (χ3n) is 2.84. The number of nitrogens with zero attached hydrogens (tertiary/aromatic N) is 3. The first kappa shape index (κ1) is 16.4. The zero-order valence-corrected chi connectivity index (χ0v) is 14.1. The van der Waals surface area contributed by atoms with Crippen LogP contribution in [-0.4, -0.2) is 48.2 Å². The molecule has 0 aliphatic rings. The van der Waals surface area contributed by atoms with Gasteiger partial charge in [-0.05, 0) is 44.4 Å². The average molecular weight is 364 g/mol. The van der Waals surface area contributed by atoms with Crippen molar-refractivity contribution < 1.29 is 4.79 Å². The summed E-state index contributed by atoms with van der Waals surface area (Å²) in [6, 6.07) is 10.8. The van der Waals surface area contributed by atoms with Crippen molar-refractivity contribution >= 4 is 33.3 Å². The molecule has 0 aliphatic heterocycles. The van der Waals surface area contributed by atoms with Crippen LogP contribution in [0.5, 0.6) is 0 Å². The summed E-state index contributed by atoms with van der Waals surface area (Å²) in [5, 5.41) is 13.9. The zero-order chi connectivity index (χ0) is 15.9. The number of benzene rings is 1. The zero-order valence-electron chi connectivity index (χ0n) is 12.5. The number of likely N-dealkylation sites (N-methyl/N-ethyl adjacent to an activating group) is 1. The molecule has 0 saturated carbocycles. The Kier molecular flexibility index (Phi) is 5.85. The molecule has 2 N–H and O–H groups in total. The van der Waals surface area contributed by atoms with Crippen LogP contribution in [0.2, 0.25) is 0 Å². The number of anilines is 2. The molecule has 0 fully saturated rings. The Labute approximate surface area is 138 Å². The number of aromatic nitrogens is 2. The molecule has 116 valence electrons. The van der Waals surface area contributed by atoms with Gasteiger partial charge in [-0.1, -0.05) is 22.0 Å². The number of hydrogen-bond donors (Lipinski definition) is 2. The third-order valence-corrected chi connectivity index (χ3v) is 3.34. The van der Waals surface area contributed by atoms with E-state index in [2.05, 4.69) is 41.7 Å². The number of carbonyl (C=O) groups is 1. The molecule has 0 unspecified atom stereocenters. The number of nitrogens with one attached hydrogen (secondary N) is 2. The SMILES string of the molecule is CN(C)CCNc1ccc(C(=O)Nc2cccc(Br)c2)nn1. The first-order chi connectivity index (χ1) is 10.5. The molecule has 0 atom stereocenters. The van der Waals surface area contributed by atoms with Crippen LogP contribution in [0.3, 0.4) is 0 Å². The molecule has 1 aromatic carbocycles. The van der Waals surface area contributed by atoms with E-state index in [1.165, 1.54) is 0 Å². The van der Waals surface area contributed by atoms with Gasteiger partial charge in [0.1, 0.15) is 5.82 Å². The molecular weight excluding hydrogens is 346 g/mol. The molecule has 6 nitrogen and oxygen atoms in total. The Hall–Kier alpha value is -1.99. The van der Waals surface area contributed by atoms with Gasteiger partial charge in [-0.3, -0.25) is 4.79 Å². The summed E-state index contributed by atoms with van der Waals surface area (Å²) in [5.41, 5.74) is 0.979. The molecule has 0 spiro atoms. The summed E-state index contributed by atoms with van der Waals surface area (Å²) in [7, 11) is 4.01. The number of halogens is 1. The lowest BCUT2D eigenvalue weighted by Gasteiger charge is -2.10. The Morgan fingerprint density at radius 2 is 2.05 bits per heavy atom. The normalized spacial score (nSPS) is 10.5. The number of carbonyl (C=O) groups excluding carboxylic acids is 1. The van der Waals surface area contributed by atoms with E-state index < -0.39 is 0 Å². The molecular formula is C15H18BrN5O. The summed E-state index contributed by atoms with van der Waals surface area (Å²) in [6.07, 6.45) is 0. The maximum Gasteiger partial charge on any atom is 0.276 e. The highest BCUT2D eigenvalue weighted by molar-refractivity contribution is 9.10. The smallest absolute Gasteiger partial charge is 0.276 e. The molecule has 22 heavy (non-hydrogen) atoms. The first-order valence-electron chi connectivity index (χ1n) is 6.84. The van der Waals surface area contributed by atoms with Crippen LogP contribution in [0, 0.1) is 0 Å². The van der Waals surface area contributed by atoms with E-state index in [9.17, 15) is 4.79 Å². The highest BCUT2D eigenvalue weighted by atomic mass is 79.9. The summed E-state index contributed by atoms with van der Waals surface area (Å²) in [5.74, 6) is 0.367. The Balaban J connectivity index is 1.93. The lowest BCUT2D eigenvalue weighted by Crippen LogP contribution is -2.21. The average Bonchev–Trinajstić information content (AvgIpc) is 2.47. The second kappa shape index (κ2) is 7.86. The molecule has 1 amide bonds. The molecule has 2 rings (SSSR count). The van der Waals surface area contributed by atoms with E-state index in [0.717, 1.165) is 17.6 Å². The third kappa shape index (κ3) is 5.09. The van der Waals surface area contributed by atoms with Gasteiger partial charge < -0.3 is 15.5 Å². The minimum absolute atomic E-state index is 0.276. The van der Waals surface area contributed by atoms with Crippen LogP contribution >= 0.6 is 15.9 Å². The van der Waals surface area contributed by atoms with Crippen molar-refractivity contribution in [2.45, 2.75) is 0 Å². The second-order valence-electron chi connectivity index (χ2n) is 5.00. The predicted molar refractivity (Wildman–Crippen MR) is 91.2 cm³/mol. The lowest BCUT2D eigenvalue weighted by molar-refractivity contribution is 0.102. The van der Waals surface area contributed by atoms with E-state index in [1.54, 1.807) is 12.1 Å².